The van der Waals surface area contributed by atoms with Crippen molar-refractivity contribution in [2.24, 2.45) is 0 Å². The van der Waals surface area contributed by atoms with Crippen molar-refractivity contribution in [1.82, 2.24) is 19.9 Å². The van der Waals surface area contributed by atoms with E-state index in [0.717, 1.165) is 16.5 Å². The largest absolute Gasteiger partial charge is 0.465 e. The van der Waals surface area contributed by atoms with Gasteiger partial charge in [0.1, 0.15) is 12.1 Å². The molecular formula is C15H14N4O3. The molecule has 0 saturated heterocycles. The molecule has 3 rings (SSSR count). The summed E-state index contributed by atoms with van der Waals surface area (Å²) < 4.78 is 1.88. The van der Waals surface area contributed by atoms with Crippen LogP contribution >= 0.6 is 0 Å². The summed E-state index contributed by atoms with van der Waals surface area (Å²) in [7, 11) is 0. The number of aromatic nitrogens is 3. The van der Waals surface area contributed by atoms with Gasteiger partial charge < -0.3 is 20.1 Å². The summed E-state index contributed by atoms with van der Waals surface area (Å²) in [5, 5.41) is 21.3. The second-order valence-electron chi connectivity index (χ2n) is 4.72. The molecule has 2 heterocycles. The van der Waals surface area contributed by atoms with Crippen LogP contribution in [0.5, 0.6) is 0 Å². The molecule has 0 aliphatic carbocycles. The molecule has 22 heavy (non-hydrogen) atoms. The van der Waals surface area contributed by atoms with Gasteiger partial charge in [-0.05, 0) is 17.7 Å². The van der Waals surface area contributed by atoms with E-state index in [-0.39, 0.29) is 13.2 Å². The number of hydrogen-bond acceptors (Lipinski definition) is 4. The lowest BCUT2D eigenvalue weighted by molar-refractivity contribution is 0.194. The van der Waals surface area contributed by atoms with Gasteiger partial charge in [0.2, 0.25) is 0 Å². The van der Waals surface area contributed by atoms with Crippen LogP contribution in [0.4, 0.5) is 4.79 Å². The summed E-state index contributed by atoms with van der Waals surface area (Å²) in [4.78, 5) is 18.8. The van der Waals surface area contributed by atoms with E-state index in [1.807, 2.05) is 35.0 Å². The summed E-state index contributed by atoms with van der Waals surface area (Å²) in [6.45, 7) is 0.0881. The van der Waals surface area contributed by atoms with Crippen molar-refractivity contribution in [3.63, 3.8) is 0 Å². The zero-order chi connectivity index (χ0) is 15.5. The highest BCUT2D eigenvalue weighted by molar-refractivity contribution is 5.85. The van der Waals surface area contributed by atoms with Crippen LogP contribution < -0.4 is 5.32 Å². The normalized spacial score (nSPS) is 10.8. The molecule has 0 unspecified atom stereocenters. The van der Waals surface area contributed by atoms with E-state index in [1.165, 1.54) is 6.33 Å². The monoisotopic (exact) mass is 298 g/mol. The number of aliphatic hydroxyl groups excluding tert-OH is 1. The first kappa shape index (κ1) is 14.0. The zero-order valence-electron chi connectivity index (χ0n) is 11.6. The first-order valence-corrected chi connectivity index (χ1v) is 6.67. The first-order chi connectivity index (χ1) is 10.7. The third kappa shape index (κ3) is 2.61. The van der Waals surface area contributed by atoms with Crippen LogP contribution in [0.15, 0.2) is 42.9 Å². The predicted molar refractivity (Wildman–Crippen MR) is 79.7 cm³/mol. The van der Waals surface area contributed by atoms with Gasteiger partial charge in [0.05, 0.1) is 24.4 Å². The molecule has 1 aromatic carbocycles. The molecular weight excluding hydrogens is 284 g/mol. The van der Waals surface area contributed by atoms with Crippen LogP contribution in [0.25, 0.3) is 16.7 Å². The number of aliphatic hydroxyl groups is 1. The molecule has 0 fully saturated rings. The Hall–Kier alpha value is -2.93. The van der Waals surface area contributed by atoms with Crippen molar-refractivity contribution >= 4 is 17.0 Å². The maximum atomic E-state index is 10.5. The van der Waals surface area contributed by atoms with Crippen LogP contribution in [-0.4, -0.2) is 30.8 Å². The number of carboxylic acid groups (broad SMARTS) is 1. The minimum Gasteiger partial charge on any atom is -0.465 e. The van der Waals surface area contributed by atoms with Gasteiger partial charge in [0.15, 0.2) is 0 Å². The average molecular weight is 298 g/mol. The molecule has 1 amide bonds. The van der Waals surface area contributed by atoms with Gasteiger partial charge >= 0.3 is 6.09 Å². The molecule has 0 aliphatic heterocycles. The lowest BCUT2D eigenvalue weighted by Gasteiger charge is -2.07. The molecule has 0 saturated carbocycles. The van der Waals surface area contributed by atoms with Crippen molar-refractivity contribution in [2.45, 2.75) is 13.2 Å². The Bertz CT molecular complexity index is 829. The van der Waals surface area contributed by atoms with E-state index < -0.39 is 6.09 Å². The maximum absolute atomic E-state index is 10.5. The smallest absolute Gasteiger partial charge is 0.404 e. The Balaban J connectivity index is 2.01. The molecule has 2 aromatic heterocycles. The number of fused-ring (bicyclic) bond motifs is 1. The number of benzene rings is 1. The SMILES string of the molecule is O=C(O)NCc1cc(-n2ccc3c(CO)cccc32)ncn1. The third-order valence-corrected chi connectivity index (χ3v) is 3.37. The average Bonchev–Trinajstić information content (AvgIpc) is 2.97. The molecule has 0 radical (unpaired) electrons. The van der Waals surface area contributed by atoms with Crippen LogP contribution in [-0.2, 0) is 13.2 Å². The highest BCUT2D eigenvalue weighted by Gasteiger charge is 2.08. The lowest BCUT2D eigenvalue weighted by Crippen LogP contribution is -2.20. The second kappa shape index (κ2) is 5.82. The van der Waals surface area contributed by atoms with Crippen molar-refractivity contribution in [2.75, 3.05) is 0 Å². The molecule has 0 spiro atoms. The fourth-order valence-corrected chi connectivity index (χ4v) is 2.35. The summed E-state index contributed by atoms with van der Waals surface area (Å²) in [5.74, 6) is 0.641. The maximum Gasteiger partial charge on any atom is 0.404 e. The van der Waals surface area contributed by atoms with E-state index in [0.29, 0.717) is 11.5 Å². The summed E-state index contributed by atoms with van der Waals surface area (Å²) in [6.07, 6.45) is 2.16. The topological polar surface area (TPSA) is 100 Å². The number of amides is 1. The Labute approximate surface area is 125 Å². The van der Waals surface area contributed by atoms with E-state index in [2.05, 4.69) is 15.3 Å². The molecule has 112 valence electrons. The standard InChI is InChI=1S/C15H14N4O3/c20-8-10-2-1-3-13-12(10)4-5-19(13)14-6-11(17-9-18-14)7-16-15(21)22/h1-6,9,16,20H,7-8H2,(H,21,22). The van der Waals surface area contributed by atoms with E-state index in [1.54, 1.807) is 6.07 Å². The molecule has 0 bridgehead atoms. The Morgan fingerprint density at radius 2 is 2.14 bits per heavy atom. The van der Waals surface area contributed by atoms with E-state index in [4.69, 9.17) is 5.11 Å². The summed E-state index contributed by atoms with van der Waals surface area (Å²) in [6, 6.07) is 9.32. The first-order valence-electron chi connectivity index (χ1n) is 6.67. The van der Waals surface area contributed by atoms with Gasteiger partial charge in [-0.15, -0.1) is 0 Å². The quantitative estimate of drug-likeness (QED) is 0.680. The van der Waals surface area contributed by atoms with Crippen molar-refractivity contribution in [3.05, 3.63) is 54.1 Å². The predicted octanol–water partition coefficient (Wildman–Crippen LogP) is 1.68. The second-order valence-corrected chi connectivity index (χ2v) is 4.72. The summed E-state index contributed by atoms with van der Waals surface area (Å²) in [5.41, 5.74) is 2.34. The Morgan fingerprint density at radius 3 is 2.91 bits per heavy atom. The van der Waals surface area contributed by atoms with Crippen LogP contribution in [0.2, 0.25) is 0 Å². The van der Waals surface area contributed by atoms with Crippen molar-refractivity contribution < 1.29 is 15.0 Å². The number of rotatable bonds is 4. The molecule has 3 N–H and O–H groups in total. The van der Waals surface area contributed by atoms with E-state index >= 15 is 0 Å². The minimum absolute atomic E-state index is 0.0289. The lowest BCUT2D eigenvalue weighted by atomic mass is 10.1. The van der Waals surface area contributed by atoms with Crippen molar-refractivity contribution in [3.8, 4) is 5.82 Å². The fraction of sp³-hybridized carbons (Fsp3) is 0.133. The Kier molecular flexibility index (Phi) is 3.71. The van der Waals surface area contributed by atoms with Crippen LogP contribution in [0, 0.1) is 0 Å². The molecule has 7 heteroatoms. The third-order valence-electron chi connectivity index (χ3n) is 3.37. The minimum atomic E-state index is -1.10. The van der Waals surface area contributed by atoms with Gasteiger partial charge in [0, 0.05) is 17.6 Å². The van der Waals surface area contributed by atoms with Crippen molar-refractivity contribution in [1.29, 1.82) is 0 Å². The number of hydrogen-bond donors (Lipinski definition) is 3. The highest BCUT2D eigenvalue weighted by Crippen LogP contribution is 2.23. The highest BCUT2D eigenvalue weighted by atomic mass is 16.4. The van der Waals surface area contributed by atoms with Crippen LogP contribution in [0.3, 0.4) is 0 Å². The number of nitrogens with one attached hydrogen (secondary N) is 1. The fourth-order valence-electron chi connectivity index (χ4n) is 2.35. The van der Waals surface area contributed by atoms with Crippen LogP contribution in [0.1, 0.15) is 11.3 Å². The zero-order valence-corrected chi connectivity index (χ0v) is 11.6. The summed E-state index contributed by atoms with van der Waals surface area (Å²) >= 11 is 0. The van der Waals surface area contributed by atoms with Gasteiger partial charge in [-0.2, -0.15) is 0 Å². The van der Waals surface area contributed by atoms with Gasteiger partial charge in [0.25, 0.3) is 0 Å². The molecule has 3 aromatic rings. The van der Waals surface area contributed by atoms with Gasteiger partial charge in [-0.25, -0.2) is 14.8 Å². The van der Waals surface area contributed by atoms with E-state index in [9.17, 15) is 9.90 Å². The van der Waals surface area contributed by atoms with Gasteiger partial charge in [-0.1, -0.05) is 12.1 Å². The molecule has 0 aliphatic rings. The molecule has 0 atom stereocenters. The Morgan fingerprint density at radius 1 is 1.27 bits per heavy atom. The number of carbonyl (C=O) groups is 1. The van der Waals surface area contributed by atoms with Gasteiger partial charge in [-0.3, -0.25) is 0 Å². The molecule has 7 nitrogen and oxygen atoms in total. The number of nitrogens with zero attached hydrogens (tertiary/aromatic N) is 3.